The Morgan fingerprint density at radius 2 is 2.00 bits per heavy atom. The van der Waals surface area contributed by atoms with Crippen molar-refractivity contribution in [3.05, 3.63) is 46.0 Å². The first-order chi connectivity index (χ1) is 15.9. The van der Waals surface area contributed by atoms with Crippen LogP contribution in [0.4, 0.5) is 5.69 Å². The minimum absolute atomic E-state index is 0.0467. The van der Waals surface area contributed by atoms with Gasteiger partial charge in [-0.15, -0.1) is 16.4 Å². The van der Waals surface area contributed by atoms with Crippen LogP contribution in [0.25, 0.3) is 10.2 Å². The van der Waals surface area contributed by atoms with Crippen molar-refractivity contribution in [2.45, 2.75) is 46.1 Å². The largest absolute Gasteiger partial charge is 0.494 e. The van der Waals surface area contributed by atoms with E-state index < -0.39 is 0 Å². The Morgan fingerprint density at radius 3 is 2.73 bits per heavy atom. The fourth-order valence-electron chi connectivity index (χ4n) is 3.93. The van der Waals surface area contributed by atoms with Crippen LogP contribution in [-0.2, 0) is 0 Å². The number of likely N-dealkylation sites (tertiary alicyclic amines) is 1. The highest BCUT2D eigenvalue weighted by Gasteiger charge is 2.29. The molecule has 0 bridgehead atoms. The average molecular weight is 468 g/mol. The summed E-state index contributed by atoms with van der Waals surface area (Å²) in [6.07, 6.45) is 2.77. The number of rotatable bonds is 7. The molecule has 33 heavy (non-hydrogen) atoms. The van der Waals surface area contributed by atoms with Crippen LogP contribution in [0, 0.1) is 13.8 Å². The van der Waals surface area contributed by atoms with E-state index in [1.165, 1.54) is 11.3 Å². The highest BCUT2D eigenvalue weighted by atomic mass is 32.1. The summed E-state index contributed by atoms with van der Waals surface area (Å²) in [5.74, 6) is 0.484. The van der Waals surface area contributed by atoms with Crippen LogP contribution in [0.15, 0.2) is 24.3 Å². The molecule has 4 rings (SSSR count). The SMILES string of the molecule is CCCCOc1ccc(C(=O)N2CCC(NC(=O)c3sc4nnc(C)c(C)c4c3N)C2)cc1. The molecule has 3 aromatic rings. The number of nitrogens with one attached hydrogen (secondary N) is 1. The zero-order chi connectivity index (χ0) is 23.5. The highest BCUT2D eigenvalue weighted by molar-refractivity contribution is 7.21. The number of aromatic nitrogens is 2. The van der Waals surface area contributed by atoms with Crippen molar-refractivity contribution in [1.29, 1.82) is 0 Å². The maximum Gasteiger partial charge on any atom is 0.263 e. The molecule has 1 aromatic carbocycles. The van der Waals surface area contributed by atoms with Crippen LogP contribution in [0.3, 0.4) is 0 Å². The molecule has 1 saturated heterocycles. The van der Waals surface area contributed by atoms with Gasteiger partial charge in [0.1, 0.15) is 15.5 Å². The number of hydrogen-bond acceptors (Lipinski definition) is 7. The predicted octanol–water partition coefficient (Wildman–Crippen LogP) is 3.71. The van der Waals surface area contributed by atoms with Crippen LogP contribution in [-0.4, -0.2) is 52.6 Å². The number of thiophene rings is 1. The van der Waals surface area contributed by atoms with Crippen LogP contribution in [0.1, 0.15) is 57.5 Å². The Balaban J connectivity index is 1.38. The number of benzene rings is 1. The van der Waals surface area contributed by atoms with E-state index >= 15 is 0 Å². The second kappa shape index (κ2) is 9.74. The molecule has 2 amide bonds. The van der Waals surface area contributed by atoms with Gasteiger partial charge in [-0.2, -0.15) is 5.10 Å². The third-order valence-electron chi connectivity index (χ3n) is 6.02. The zero-order valence-corrected chi connectivity index (χ0v) is 20.0. The smallest absolute Gasteiger partial charge is 0.263 e. The van der Waals surface area contributed by atoms with Crippen molar-refractivity contribution in [2.75, 3.05) is 25.4 Å². The molecule has 174 valence electrons. The van der Waals surface area contributed by atoms with E-state index in [1.54, 1.807) is 17.0 Å². The fourth-order valence-corrected chi connectivity index (χ4v) is 4.94. The minimum Gasteiger partial charge on any atom is -0.494 e. The third kappa shape index (κ3) is 4.78. The highest BCUT2D eigenvalue weighted by Crippen LogP contribution is 2.35. The van der Waals surface area contributed by atoms with Gasteiger partial charge in [0.2, 0.25) is 0 Å². The minimum atomic E-state index is -0.236. The van der Waals surface area contributed by atoms with Gasteiger partial charge in [0.15, 0.2) is 0 Å². The van der Waals surface area contributed by atoms with Gasteiger partial charge in [-0.3, -0.25) is 9.59 Å². The Morgan fingerprint density at radius 1 is 1.24 bits per heavy atom. The number of ether oxygens (including phenoxy) is 1. The first-order valence-corrected chi connectivity index (χ1v) is 12.1. The number of carbonyl (C=O) groups is 2. The Hall–Kier alpha value is -3.20. The number of hydrogen-bond donors (Lipinski definition) is 2. The second-order valence-electron chi connectivity index (χ2n) is 8.37. The van der Waals surface area contributed by atoms with E-state index in [2.05, 4.69) is 22.4 Å². The van der Waals surface area contributed by atoms with Gasteiger partial charge >= 0.3 is 0 Å². The maximum absolute atomic E-state index is 12.9. The first-order valence-electron chi connectivity index (χ1n) is 11.2. The Labute approximate surface area is 197 Å². The van der Waals surface area contributed by atoms with Crippen molar-refractivity contribution in [2.24, 2.45) is 0 Å². The van der Waals surface area contributed by atoms with Gasteiger partial charge in [0, 0.05) is 30.1 Å². The van der Waals surface area contributed by atoms with Crippen molar-refractivity contribution < 1.29 is 14.3 Å². The van der Waals surface area contributed by atoms with Gasteiger partial charge < -0.3 is 20.7 Å². The molecule has 0 aliphatic carbocycles. The number of fused-ring (bicyclic) bond motifs is 1. The van der Waals surface area contributed by atoms with Crippen molar-refractivity contribution in [3.63, 3.8) is 0 Å². The van der Waals surface area contributed by atoms with Gasteiger partial charge in [0.05, 0.1) is 18.0 Å². The lowest BCUT2D eigenvalue weighted by atomic mass is 10.1. The lowest BCUT2D eigenvalue weighted by Gasteiger charge is -2.17. The van der Waals surface area contributed by atoms with Crippen LogP contribution >= 0.6 is 11.3 Å². The molecule has 1 aliphatic rings. The fraction of sp³-hybridized carbons (Fsp3) is 0.417. The molecular formula is C24H29N5O3S. The summed E-state index contributed by atoms with van der Waals surface area (Å²) in [4.78, 5) is 28.7. The van der Waals surface area contributed by atoms with E-state index in [9.17, 15) is 9.59 Å². The van der Waals surface area contributed by atoms with Gasteiger partial charge in [-0.25, -0.2) is 0 Å². The van der Waals surface area contributed by atoms with Gasteiger partial charge in [-0.1, -0.05) is 13.3 Å². The van der Waals surface area contributed by atoms with Crippen LogP contribution in [0.2, 0.25) is 0 Å². The molecule has 3 N–H and O–H groups in total. The lowest BCUT2D eigenvalue weighted by molar-refractivity contribution is 0.0783. The Kier molecular flexibility index (Phi) is 6.78. The molecule has 2 aromatic heterocycles. The molecule has 0 saturated carbocycles. The van der Waals surface area contributed by atoms with E-state index in [4.69, 9.17) is 10.5 Å². The van der Waals surface area contributed by atoms with Crippen molar-refractivity contribution in [3.8, 4) is 5.75 Å². The summed E-state index contributed by atoms with van der Waals surface area (Å²) in [5, 5.41) is 12.1. The number of nitrogen functional groups attached to an aromatic ring is 1. The molecule has 1 atom stereocenters. The molecule has 0 radical (unpaired) electrons. The zero-order valence-electron chi connectivity index (χ0n) is 19.2. The van der Waals surface area contributed by atoms with Gasteiger partial charge in [0.25, 0.3) is 11.8 Å². The number of nitrogens with two attached hydrogens (primary N) is 1. The summed E-state index contributed by atoms with van der Waals surface area (Å²) in [5.41, 5.74) is 9.08. The summed E-state index contributed by atoms with van der Waals surface area (Å²) in [7, 11) is 0. The normalized spacial score (nSPS) is 15.7. The van der Waals surface area contributed by atoms with Crippen LogP contribution in [0.5, 0.6) is 5.75 Å². The van der Waals surface area contributed by atoms with E-state index in [1.807, 2.05) is 26.0 Å². The third-order valence-corrected chi connectivity index (χ3v) is 7.11. The molecular weight excluding hydrogens is 438 g/mol. The monoisotopic (exact) mass is 467 g/mol. The number of nitrogens with zero attached hydrogens (tertiary/aromatic N) is 3. The molecule has 9 heteroatoms. The summed E-state index contributed by atoms with van der Waals surface area (Å²) >= 11 is 1.25. The molecule has 1 fully saturated rings. The number of unbranched alkanes of at least 4 members (excludes halogenated alkanes) is 1. The van der Waals surface area contributed by atoms with Crippen LogP contribution < -0.4 is 15.8 Å². The summed E-state index contributed by atoms with van der Waals surface area (Å²) < 4.78 is 5.66. The topological polar surface area (TPSA) is 110 Å². The van der Waals surface area contributed by atoms with E-state index in [0.29, 0.717) is 47.1 Å². The van der Waals surface area contributed by atoms with E-state index in [-0.39, 0.29) is 17.9 Å². The van der Waals surface area contributed by atoms with Crippen molar-refractivity contribution in [1.82, 2.24) is 20.4 Å². The molecule has 0 spiro atoms. The first kappa shape index (κ1) is 23.0. The maximum atomic E-state index is 12.9. The second-order valence-corrected chi connectivity index (χ2v) is 9.37. The molecule has 8 nitrogen and oxygen atoms in total. The summed E-state index contributed by atoms with van der Waals surface area (Å²) in [6, 6.07) is 7.11. The molecule has 1 aliphatic heterocycles. The number of amides is 2. The van der Waals surface area contributed by atoms with E-state index in [0.717, 1.165) is 35.2 Å². The predicted molar refractivity (Wildman–Crippen MR) is 130 cm³/mol. The lowest BCUT2D eigenvalue weighted by Crippen LogP contribution is -2.38. The molecule has 1 unspecified atom stereocenters. The standard InChI is InChI=1S/C24H29N5O3S/c1-4-5-12-32-18-8-6-16(7-9-18)24(31)29-11-10-17(13-29)26-22(30)21-20(25)19-14(2)15(3)27-28-23(19)33-21/h6-9,17H,4-5,10-13,25H2,1-3H3,(H,26,30). The molecule has 3 heterocycles. The quantitative estimate of drug-likeness (QED) is 0.513. The van der Waals surface area contributed by atoms with Gasteiger partial charge in [-0.05, 0) is 56.5 Å². The Bertz CT molecular complexity index is 1180. The average Bonchev–Trinajstić information content (AvgIpc) is 3.41. The number of aryl methyl sites for hydroxylation is 2. The van der Waals surface area contributed by atoms with Crippen molar-refractivity contribution >= 4 is 39.1 Å². The number of anilines is 1. The summed E-state index contributed by atoms with van der Waals surface area (Å²) in [6.45, 7) is 7.64. The number of carbonyl (C=O) groups excluding carboxylic acids is 2.